The van der Waals surface area contributed by atoms with Gasteiger partial charge in [0.2, 0.25) is 5.91 Å². The van der Waals surface area contributed by atoms with E-state index >= 15 is 0 Å². The molecule has 5 nitrogen and oxygen atoms in total. The van der Waals surface area contributed by atoms with Gasteiger partial charge >= 0.3 is 0 Å². The average molecular weight is 326 g/mol. The van der Waals surface area contributed by atoms with Crippen molar-refractivity contribution in [2.75, 3.05) is 16.9 Å². The molecular weight excluding hydrogens is 310 g/mol. The number of rotatable bonds is 3. The van der Waals surface area contributed by atoms with Gasteiger partial charge in [-0.15, -0.1) is 24.2 Å². The number of carbonyl (C=O) groups is 1. The van der Waals surface area contributed by atoms with Crippen LogP contribution in [0.25, 0.3) is 11.1 Å². The largest absolute Gasteiger partial charge is 0.440 e. The first-order valence-electron chi connectivity index (χ1n) is 6.82. The molecule has 2 fully saturated rings. The first-order valence-corrected chi connectivity index (χ1v) is 7.97. The van der Waals surface area contributed by atoms with E-state index in [1.807, 2.05) is 18.2 Å². The highest BCUT2D eigenvalue weighted by atomic mass is 35.5. The number of thioether (sulfide) groups is 1. The number of aromatic nitrogens is 1. The highest BCUT2D eigenvalue weighted by Crippen LogP contribution is 2.40. The Balaban J connectivity index is 0.00000132. The minimum atomic E-state index is -0.102. The van der Waals surface area contributed by atoms with E-state index < -0.39 is 0 Å². The Morgan fingerprint density at radius 1 is 1.43 bits per heavy atom. The molecule has 7 heteroatoms. The maximum atomic E-state index is 12.0. The fourth-order valence-corrected chi connectivity index (χ4v) is 3.26. The van der Waals surface area contributed by atoms with E-state index in [4.69, 9.17) is 4.42 Å². The highest BCUT2D eigenvalue weighted by Gasteiger charge is 2.29. The second kappa shape index (κ2) is 5.87. The summed E-state index contributed by atoms with van der Waals surface area (Å²) in [6.45, 7) is 0. The molecule has 0 bridgehead atoms. The van der Waals surface area contributed by atoms with Crippen LogP contribution in [0, 0.1) is 0 Å². The lowest BCUT2D eigenvalue weighted by Gasteiger charge is -2.10. The number of oxazole rings is 1. The summed E-state index contributed by atoms with van der Waals surface area (Å²) in [5.74, 6) is 3.01. The van der Waals surface area contributed by atoms with E-state index in [2.05, 4.69) is 15.6 Å². The predicted molar refractivity (Wildman–Crippen MR) is 86.1 cm³/mol. The molecule has 112 valence electrons. The highest BCUT2D eigenvalue weighted by molar-refractivity contribution is 7.99. The molecule has 2 heterocycles. The third kappa shape index (κ3) is 3.02. The fourth-order valence-electron chi connectivity index (χ4n) is 2.32. The smallest absolute Gasteiger partial charge is 0.242 e. The standard InChI is InChI=1S/C14H15N3O2S.ClH/c18-13(11-6-20-7-15-11)16-9-3-4-12-10(5-9)17-14(19-12)8-1-2-8;/h3-5,8,11,15H,1-2,6-7H2,(H,16,18);1H. The zero-order valence-corrected chi connectivity index (χ0v) is 12.9. The average Bonchev–Trinajstić information content (AvgIpc) is 3.00. The Hall–Kier alpha value is -1.24. The summed E-state index contributed by atoms with van der Waals surface area (Å²) in [6.07, 6.45) is 2.34. The quantitative estimate of drug-likeness (QED) is 0.908. The summed E-state index contributed by atoms with van der Waals surface area (Å²) in [5.41, 5.74) is 2.38. The predicted octanol–water partition coefficient (Wildman–Crippen LogP) is 2.73. The van der Waals surface area contributed by atoms with Crippen LogP contribution < -0.4 is 10.6 Å². The summed E-state index contributed by atoms with van der Waals surface area (Å²) < 4.78 is 5.71. The van der Waals surface area contributed by atoms with Gasteiger partial charge in [-0.25, -0.2) is 4.98 Å². The van der Waals surface area contributed by atoms with Crippen molar-refractivity contribution in [3.8, 4) is 0 Å². The molecule has 1 unspecified atom stereocenters. The number of amides is 1. The number of carbonyl (C=O) groups excluding carboxylic acids is 1. The van der Waals surface area contributed by atoms with Crippen LogP contribution in [-0.4, -0.2) is 28.6 Å². The van der Waals surface area contributed by atoms with Crippen molar-refractivity contribution in [3.63, 3.8) is 0 Å². The molecule has 1 saturated carbocycles. The zero-order valence-electron chi connectivity index (χ0n) is 11.3. The van der Waals surface area contributed by atoms with Crippen LogP contribution in [0.5, 0.6) is 0 Å². The van der Waals surface area contributed by atoms with E-state index in [1.165, 1.54) is 12.8 Å². The van der Waals surface area contributed by atoms with Crippen LogP contribution in [0.3, 0.4) is 0 Å². The minimum Gasteiger partial charge on any atom is -0.440 e. The Morgan fingerprint density at radius 2 is 2.29 bits per heavy atom. The third-order valence-corrected chi connectivity index (χ3v) is 4.57. The number of anilines is 1. The van der Waals surface area contributed by atoms with E-state index in [9.17, 15) is 4.79 Å². The Labute approximate surface area is 132 Å². The van der Waals surface area contributed by atoms with Gasteiger partial charge in [-0.3, -0.25) is 10.1 Å². The molecule has 1 amide bonds. The van der Waals surface area contributed by atoms with Gasteiger partial charge < -0.3 is 9.73 Å². The lowest BCUT2D eigenvalue weighted by atomic mass is 10.2. The molecule has 2 N–H and O–H groups in total. The van der Waals surface area contributed by atoms with Crippen LogP contribution >= 0.6 is 24.2 Å². The van der Waals surface area contributed by atoms with E-state index in [0.29, 0.717) is 5.92 Å². The van der Waals surface area contributed by atoms with Crippen LogP contribution in [0.1, 0.15) is 24.7 Å². The van der Waals surface area contributed by atoms with Crippen LogP contribution in [0.15, 0.2) is 22.6 Å². The SMILES string of the molecule is Cl.O=C(Nc1ccc2oc(C3CC3)nc2c1)C1CSCN1. The molecule has 21 heavy (non-hydrogen) atoms. The Morgan fingerprint density at radius 3 is 3.00 bits per heavy atom. The van der Waals surface area contributed by atoms with Gasteiger partial charge in [0.25, 0.3) is 0 Å². The van der Waals surface area contributed by atoms with Gasteiger partial charge in [-0.05, 0) is 31.0 Å². The normalized spacial score (nSPS) is 21.2. The molecular formula is C14H16ClN3O2S. The maximum Gasteiger partial charge on any atom is 0.242 e. The van der Waals surface area contributed by atoms with Crippen molar-refractivity contribution in [1.82, 2.24) is 10.3 Å². The molecule has 1 aromatic carbocycles. The van der Waals surface area contributed by atoms with Gasteiger partial charge in [0.05, 0.1) is 6.04 Å². The molecule has 1 aliphatic carbocycles. The second-order valence-electron chi connectivity index (χ2n) is 5.27. The summed E-state index contributed by atoms with van der Waals surface area (Å²) in [4.78, 5) is 16.5. The Bertz CT molecular complexity index is 665. The molecule has 0 spiro atoms. The lowest BCUT2D eigenvalue weighted by Crippen LogP contribution is -2.37. The van der Waals surface area contributed by atoms with Crippen LogP contribution in [-0.2, 0) is 4.79 Å². The number of hydrogen-bond acceptors (Lipinski definition) is 5. The molecule has 1 aliphatic heterocycles. The first-order chi connectivity index (χ1) is 9.79. The summed E-state index contributed by atoms with van der Waals surface area (Å²) in [5, 5.41) is 6.09. The number of nitrogens with zero attached hydrogens (tertiary/aromatic N) is 1. The molecule has 1 atom stereocenters. The van der Waals surface area contributed by atoms with Crippen molar-refractivity contribution >= 4 is 46.9 Å². The monoisotopic (exact) mass is 325 g/mol. The number of benzene rings is 1. The van der Waals surface area contributed by atoms with E-state index in [0.717, 1.165) is 34.3 Å². The summed E-state index contributed by atoms with van der Waals surface area (Å²) in [6, 6.07) is 5.52. The molecule has 1 saturated heterocycles. The summed E-state index contributed by atoms with van der Waals surface area (Å²) in [7, 11) is 0. The Kier molecular flexibility index (Phi) is 4.10. The minimum absolute atomic E-state index is 0. The van der Waals surface area contributed by atoms with Crippen molar-refractivity contribution in [3.05, 3.63) is 24.1 Å². The van der Waals surface area contributed by atoms with Crippen LogP contribution in [0.4, 0.5) is 5.69 Å². The van der Waals surface area contributed by atoms with Gasteiger partial charge in [0, 0.05) is 23.2 Å². The topological polar surface area (TPSA) is 67.2 Å². The fraction of sp³-hybridized carbons (Fsp3) is 0.429. The lowest BCUT2D eigenvalue weighted by molar-refractivity contribution is -0.117. The number of fused-ring (bicyclic) bond motifs is 1. The molecule has 4 rings (SSSR count). The van der Waals surface area contributed by atoms with Crippen molar-refractivity contribution in [2.45, 2.75) is 24.8 Å². The van der Waals surface area contributed by atoms with Gasteiger partial charge in [-0.1, -0.05) is 0 Å². The molecule has 2 aliphatic rings. The molecule has 2 aromatic rings. The zero-order chi connectivity index (χ0) is 13.5. The van der Waals surface area contributed by atoms with Crippen LogP contribution in [0.2, 0.25) is 0 Å². The second-order valence-corrected chi connectivity index (χ2v) is 6.30. The van der Waals surface area contributed by atoms with E-state index in [1.54, 1.807) is 11.8 Å². The first kappa shape index (κ1) is 14.7. The van der Waals surface area contributed by atoms with Gasteiger partial charge in [-0.2, -0.15) is 0 Å². The van der Waals surface area contributed by atoms with E-state index in [-0.39, 0.29) is 24.4 Å². The van der Waals surface area contributed by atoms with Crippen molar-refractivity contribution < 1.29 is 9.21 Å². The number of halogens is 1. The van der Waals surface area contributed by atoms with Gasteiger partial charge in [0.15, 0.2) is 11.5 Å². The summed E-state index contributed by atoms with van der Waals surface area (Å²) >= 11 is 1.74. The number of nitrogens with one attached hydrogen (secondary N) is 2. The van der Waals surface area contributed by atoms with Crippen molar-refractivity contribution in [2.24, 2.45) is 0 Å². The maximum absolute atomic E-state index is 12.0. The number of hydrogen-bond donors (Lipinski definition) is 2. The molecule has 1 aromatic heterocycles. The molecule has 0 radical (unpaired) electrons. The van der Waals surface area contributed by atoms with Gasteiger partial charge in [0.1, 0.15) is 5.52 Å². The van der Waals surface area contributed by atoms with Crippen molar-refractivity contribution in [1.29, 1.82) is 0 Å². The third-order valence-electron chi connectivity index (χ3n) is 3.63.